The summed E-state index contributed by atoms with van der Waals surface area (Å²) in [5, 5.41) is 2.81. The van der Waals surface area contributed by atoms with Crippen molar-refractivity contribution in [2.24, 2.45) is 0 Å². The van der Waals surface area contributed by atoms with Crippen LogP contribution >= 0.6 is 0 Å². The van der Waals surface area contributed by atoms with Crippen LogP contribution in [-0.4, -0.2) is 20.9 Å². The van der Waals surface area contributed by atoms with Gasteiger partial charge >= 0.3 is 0 Å². The number of aryl methyl sites for hydroxylation is 1. The summed E-state index contributed by atoms with van der Waals surface area (Å²) in [6.07, 6.45) is 0.616. The predicted octanol–water partition coefficient (Wildman–Crippen LogP) is 4.46. The Kier molecular flexibility index (Phi) is 7.07. The van der Waals surface area contributed by atoms with Crippen LogP contribution in [0.4, 0.5) is 10.1 Å². The fraction of sp³-hybridized carbons (Fsp3) is 0.208. The minimum absolute atomic E-state index is 0.111. The summed E-state index contributed by atoms with van der Waals surface area (Å²) in [5.41, 5.74) is 2.01. The zero-order valence-electron chi connectivity index (χ0n) is 17.5. The van der Waals surface area contributed by atoms with E-state index in [1.54, 1.807) is 49.4 Å². The molecule has 0 saturated carbocycles. The van der Waals surface area contributed by atoms with Crippen molar-refractivity contribution in [3.8, 4) is 0 Å². The smallest absolute Gasteiger partial charge is 0.264 e. The Bertz CT molecular complexity index is 1130. The molecule has 7 heteroatoms. The third-order valence-electron chi connectivity index (χ3n) is 5.01. The van der Waals surface area contributed by atoms with Crippen LogP contribution in [-0.2, 0) is 21.2 Å². The van der Waals surface area contributed by atoms with E-state index in [4.69, 9.17) is 0 Å². The average molecular weight is 441 g/mol. The van der Waals surface area contributed by atoms with E-state index in [0.29, 0.717) is 12.1 Å². The molecule has 0 aliphatic heterocycles. The highest BCUT2D eigenvalue weighted by molar-refractivity contribution is 7.92. The Balaban J connectivity index is 1.91. The molecule has 3 rings (SSSR count). The molecule has 0 saturated heterocycles. The lowest BCUT2D eigenvalue weighted by Crippen LogP contribution is -2.42. The number of hydrogen-bond donors (Lipinski definition) is 1. The maximum Gasteiger partial charge on any atom is 0.264 e. The lowest BCUT2D eigenvalue weighted by Gasteiger charge is -2.27. The molecular formula is C24H25FN2O3S. The molecule has 162 valence electrons. The molecule has 0 aliphatic rings. The van der Waals surface area contributed by atoms with Crippen molar-refractivity contribution in [1.82, 2.24) is 5.32 Å². The van der Waals surface area contributed by atoms with Gasteiger partial charge in [-0.25, -0.2) is 12.8 Å². The van der Waals surface area contributed by atoms with Gasteiger partial charge in [-0.3, -0.25) is 9.10 Å². The molecule has 0 aliphatic carbocycles. The Morgan fingerprint density at radius 3 is 2.23 bits per heavy atom. The van der Waals surface area contributed by atoms with Crippen LogP contribution in [0.5, 0.6) is 0 Å². The van der Waals surface area contributed by atoms with Crippen LogP contribution in [0.3, 0.4) is 0 Å². The third kappa shape index (κ3) is 5.30. The molecule has 1 N–H and O–H groups in total. The van der Waals surface area contributed by atoms with Crippen LogP contribution in [0.1, 0.15) is 31.0 Å². The molecule has 31 heavy (non-hydrogen) atoms. The molecule has 0 bridgehead atoms. The van der Waals surface area contributed by atoms with Gasteiger partial charge in [-0.2, -0.15) is 0 Å². The van der Waals surface area contributed by atoms with Crippen molar-refractivity contribution in [2.75, 3.05) is 10.8 Å². The summed E-state index contributed by atoms with van der Waals surface area (Å²) in [6.45, 7) is 3.32. The van der Waals surface area contributed by atoms with E-state index in [0.717, 1.165) is 15.4 Å². The number of nitrogens with one attached hydrogen (secondary N) is 1. The Labute approximate surface area is 182 Å². The highest BCUT2D eigenvalue weighted by atomic mass is 32.2. The number of nitrogens with zero attached hydrogens (tertiary/aromatic N) is 1. The lowest BCUT2D eigenvalue weighted by atomic mass is 10.1. The number of hydrogen-bond acceptors (Lipinski definition) is 3. The standard InChI is InChI=1S/C24H25FN2O3S/c1-3-19-9-7-8-12-23(19)27(31(29,30)22-10-5-4-6-11-22)17-24(28)26-18(2)20-13-15-21(25)16-14-20/h4-16,18H,3,17H2,1-2H3,(H,26,28)/t18-/m0/s1. The maximum absolute atomic E-state index is 13.4. The maximum atomic E-state index is 13.4. The quantitative estimate of drug-likeness (QED) is 0.562. The van der Waals surface area contributed by atoms with Crippen molar-refractivity contribution in [2.45, 2.75) is 31.2 Å². The molecule has 3 aromatic rings. The highest BCUT2D eigenvalue weighted by Gasteiger charge is 2.28. The van der Waals surface area contributed by atoms with E-state index >= 15 is 0 Å². The first-order chi connectivity index (χ1) is 14.8. The fourth-order valence-electron chi connectivity index (χ4n) is 3.32. The Morgan fingerprint density at radius 1 is 0.968 bits per heavy atom. The molecule has 0 heterocycles. The van der Waals surface area contributed by atoms with Crippen molar-refractivity contribution >= 4 is 21.6 Å². The molecule has 0 aromatic heterocycles. The monoisotopic (exact) mass is 440 g/mol. The van der Waals surface area contributed by atoms with Gasteiger partial charge in [-0.15, -0.1) is 0 Å². The number of para-hydroxylation sites is 1. The number of carbonyl (C=O) groups excluding carboxylic acids is 1. The normalized spacial score (nSPS) is 12.2. The third-order valence-corrected chi connectivity index (χ3v) is 6.78. The summed E-state index contributed by atoms with van der Waals surface area (Å²) < 4.78 is 41.2. The molecule has 0 fully saturated rings. The topological polar surface area (TPSA) is 66.5 Å². The second-order valence-corrected chi connectivity index (χ2v) is 9.01. The summed E-state index contributed by atoms with van der Waals surface area (Å²) >= 11 is 0. The minimum atomic E-state index is -3.96. The number of benzene rings is 3. The minimum Gasteiger partial charge on any atom is -0.348 e. The Morgan fingerprint density at radius 2 is 1.58 bits per heavy atom. The fourth-order valence-corrected chi connectivity index (χ4v) is 4.80. The van der Waals surface area contributed by atoms with E-state index in [9.17, 15) is 17.6 Å². The zero-order chi connectivity index (χ0) is 22.4. The highest BCUT2D eigenvalue weighted by Crippen LogP contribution is 2.27. The van der Waals surface area contributed by atoms with Crippen LogP contribution < -0.4 is 9.62 Å². The number of amides is 1. The van der Waals surface area contributed by atoms with Gasteiger partial charge in [0.25, 0.3) is 10.0 Å². The summed E-state index contributed by atoms with van der Waals surface area (Å²) in [5.74, 6) is -0.819. The number of carbonyl (C=O) groups is 1. The molecule has 0 spiro atoms. The van der Waals surface area contributed by atoms with Crippen molar-refractivity contribution < 1.29 is 17.6 Å². The van der Waals surface area contributed by atoms with Crippen LogP contribution in [0, 0.1) is 5.82 Å². The van der Waals surface area contributed by atoms with Gasteiger partial charge in [0.15, 0.2) is 0 Å². The van der Waals surface area contributed by atoms with Gasteiger partial charge in [0, 0.05) is 0 Å². The van der Waals surface area contributed by atoms with E-state index in [2.05, 4.69) is 5.32 Å². The zero-order valence-corrected chi connectivity index (χ0v) is 18.3. The molecule has 0 unspecified atom stereocenters. The second kappa shape index (κ2) is 9.75. The SMILES string of the molecule is CCc1ccccc1N(CC(=O)N[C@@H](C)c1ccc(F)cc1)S(=O)(=O)c1ccccc1. The lowest BCUT2D eigenvalue weighted by molar-refractivity contribution is -0.120. The second-order valence-electron chi connectivity index (χ2n) is 7.15. The molecule has 5 nitrogen and oxygen atoms in total. The van der Waals surface area contributed by atoms with E-state index in [1.165, 1.54) is 24.3 Å². The van der Waals surface area contributed by atoms with Gasteiger partial charge < -0.3 is 5.32 Å². The molecule has 1 amide bonds. The molecular weight excluding hydrogens is 415 g/mol. The average Bonchev–Trinajstić information content (AvgIpc) is 2.78. The molecule has 0 radical (unpaired) electrons. The molecule has 1 atom stereocenters. The summed E-state index contributed by atoms with van der Waals surface area (Å²) in [7, 11) is -3.96. The van der Waals surface area contributed by atoms with E-state index in [1.807, 2.05) is 19.1 Å². The largest absolute Gasteiger partial charge is 0.348 e. The van der Waals surface area contributed by atoms with Crippen LogP contribution in [0.25, 0.3) is 0 Å². The van der Waals surface area contributed by atoms with Gasteiger partial charge in [0.05, 0.1) is 16.6 Å². The number of anilines is 1. The summed E-state index contributed by atoms with van der Waals surface area (Å²) in [6, 6.07) is 20.6. The van der Waals surface area contributed by atoms with Crippen LogP contribution in [0.15, 0.2) is 83.8 Å². The predicted molar refractivity (Wildman–Crippen MR) is 120 cm³/mol. The van der Waals surface area contributed by atoms with Crippen molar-refractivity contribution in [3.63, 3.8) is 0 Å². The van der Waals surface area contributed by atoms with Crippen LogP contribution in [0.2, 0.25) is 0 Å². The molecule has 3 aromatic carbocycles. The van der Waals surface area contributed by atoms with Gasteiger partial charge in [-0.1, -0.05) is 55.5 Å². The van der Waals surface area contributed by atoms with E-state index < -0.39 is 22.0 Å². The number of halogens is 1. The first kappa shape index (κ1) is 22.5. The van der Waals surface area contributed by atoms with Gasteiger partial charge in [0.1, 0.15) is 12.4 Å². The van der Waals surface area contributed by atoms with Crippen molar-refractivity contribution in [1.29, 1.82) is 0 Å². The number of sulfonamides is 1. The number of rotatable bonds is 8. The first-order valence-corrected chi connectivity index (χ1v) is 11.5. The Hall–Kier alpha value is -3.19. The van der Waals surface area contributed by atoms with E-state index in [-0.39, 0.29) is 17.3 Å². The summed E-state index contributed by atoms with van der Waals surface area (Å²) in [4.78, 5) is 13.0. The first-order valence-electron chi connectivity index (χ1n) is 10.0. The van der Waals surface area contributed by atoms with Crippen molar-refractivity contribution in [3.05, 3.63) is 95.8 Å². The van der Waals surface area contributed by atoms with Gasteiger partial charge in [-0.05, 0) is 54.8 Å². The van der Waals surface area contributed by atoms with Gasteiger partial charge in [0.2, 0.25) is 5.91 Å².